The lowest BCUT2D eigenvalue weighted by Gasteiger charge is -2.32. The van der Waals surface area contributed by atoms with Crippen LogP contribution in [0.2, 0.25) is 0 Å². The van der Waals surface area contributed by atoms with E-state index in [1.807, 2.05) is 6.92 Å². The number of nitrogens with one attached hydrogen (secondary N) is 1. The number of piperidine rings is 1. The van der Waals surface area contributed by atoms with Crippen LogP contribution >= 0.6 is 12.4 Å². The van der Waals surface area contributed by atoms with Crippen molar-refractivity contribution in [2.24, 2.45) is 5.92 Å². The molecule has 0 aromatic carbocycles. The van der Waals surface area contributed by atoms with Gasteiger partial charge in [-0.25, -0.2) is 9.67 Å². The van der Waals surface area contributed by atoms with Crippen LogP contribution in [0, 0.1) is 12.8 Å². The third-order valence-corrected chi connectivity index (χ3v) is 3.76. The van der Waals surface area contributed by atoms with Gasteiger partial charge in [-0.15, -0.1) is 12.4 Å². The monoisotopic (exact) mass is 271 g/mol. The van der Waals surface area contributed by atoms with Gasteiger partial charge >= 0.3 is 0 Å². The van der Waals surface area contributed by atoms with Crippen LogP contribution in [-0.2, 0) is 13.1 Å². The fourth-order valence-corrected chi connectivity index (χ4v) is 2.91. The minimum absolute atomic E-state index is 0. The van der Waals surface area contributed by atoms with E-state index in [-0.39, 0.29) is 12.4 Å². The van der Waals surface area contributed by atoms with Gasteiger partial charge in [-0.1, -0.05) is 0 Å². The third-order valence-electron chi connectivity index (χ3n) is 3.76. The molecule has 6 heteroatoms. The molecule has 5 nitrogen and oxygen atoms in total. The molecule has 2 aliphatic heterocycles. The lowest BCUT2D eigenvalue weighted by atomic mass is 9.99. The molecule has 1 aromatic heterocycles. The number of aryl methyl sites for hydroxylation is 1. The second-order valence-electron chi connectivity index (χ2n) is 5.25. The highest BCUT2D eigenvalue weighted by molar-refractivity contribution is 5.85. The van der Waals surface area contributed by atoms with E-state index in [0.29, 0.717) is 0 Å². The number of hydrogen-bond acceptors (Lipinski definition) is 4. The summed E-state index contributed by atoms with van der Waals surface area (Å²) in [7, 11) is 0. The number of nitrogens with zero attached hydrogens (tertiary/aromatic N) is 4. The fraction of sp³-hybridized carbons (Fsp3) is 0.833. The number of halogens is 1. The Kier molecular flexibility index (Phi) is 4.59. The molecule has 0 amide bonds. The molecular weight excluding hydrogens is 250 g/mol. The Morgan fingerprint density at radius 2 is 2.28 bits per heavy atom. The molecule has 0 saturated carbocycles. The minimum atomic E-state index is 0. The van der Waals surface area contributed by atoms with Crippen molar-refractivity contribution in [3.63, 3.8) is 0 Å². The van der Waals surface area contributed by atoms with Crippen molar-refractivity contribution >= 4 is 12.4 Å². The van der Waals surface area contributed by atoms with Gasteiger partial charge in [0, 0.05) is 13.1 Å². The summed E-state index contributed by atoms with van der Waals surface area (Å²) in [5, 5.41) is 7.89. The van der Waals surface area contributed by atoms with Crippen molar-refractivity contribution in [3.05, 3.63) is 11.6 Å². The van der Waals surface area contributed by atoms with Crippen molar-refractivity contribution in [2.75, 3.05) is 26.2 Å². The predicted octanol–water partition coefficient (Wildman–Crippen LogP) is 0.824. The summed E-state index contributed by atoms with van der Waals surface area (Å²) in [6.07, 6.45) is 2.70. The van der Waals surface area contributed by atoms with Gasteiger partial charge in [0.25, 0.3) is 0 Å². The zero-order valence-electron chi connectivity index (χ0n) is 10.9. The Hall–Kier alpha value is -0.650. The lowest BCUT2D eigenvalue weighted by Crippen LogP contribution is -2.41. The first-order valence-electron chi connectivity index (χ1n) is 6.64. The molecule has 18 heavy (non-hydrogen) atoms. The Balaban J connectivity index is 0.00000120. The van der Waals surface area contributed by atoms with E-state index in [1.165, 1.54) is 32.5 Å². The summed E-state index contributed by atoms with van der Waals surface area (Å²) in [6.45, 7) is 8.64. The second-order valence-corrected chi connectivity index (χ2v) is 5.25. The van der Waals surface area contributed by atoms with Crippen molar-refractivity contribution < 1.29 is 0 Å². The van der Waals surface area contributed by atoms with Gasteiger partial charge in [-0.05, 0) is 38.8 Å². The Morgan fingerprint density at radius 1 is 1.39 bits per heavy atom. The van der Waals surface area contributed by atoms with E-state index in [9.17, 15) is 0 Å². The van der Waals surface area contributed by atoms with Crippen LogP contribution in [-0.4, -0.2) is 45.8 Å². The van der Waals surface area contributed by atoms with Gasteiger partial charge in [-0.3, -0.25) is 4.90 Å². The van der Waals surface area contributed by atoms with Crippen molar-refractivity contribution in [1.82, 2.24) is 25.0 Å². The van der Waals surface area contributed by atoms with Crippen LogP contribution in [0.4, 0.5) is 0 Å². The largest absolute Gasteiger partial charge is 0.316 e. The SMILES string of the molecule is Cc1nc2n(n1)CCN(CC1CCCNC1)C2.Cl. The summed E-state index contributed by atoms with van der Waals surface area (Å²) in [4.78, 5) is 7.02. The number of hydrogen-bond donors (Lipinski definition) is 1. The van der Waals surface area contributed by atoms with Crippen LogP contribution in [0.25, 0.3) is 0 Å². The summed E-state index contributed by atoms with van der Waals surface area (Å²) in [5.41, 5.74) is 0. The molecule has 1 unspecified atom stereocenters. The Labute approximate surface area is 114 Å². The maximum absolute atomic E-state index is 4.49. The van der Waals surface area contributed by atoms with Crippen LogP contribution in [0.3, 0.4) is 0 Å². The average Bonchev–Trinajstić information content (AvgIpc) is 2.70. The van der Waals surface area contributed by atoms with E-state index >= 15 is 0 Å². The highest BCUT2D eigenvalue weighted by atomic mass is 35.5. The zero-order chi connectivity index (χ0) is 11.7. The molecule has 1 saturated heterocycles. The molecule has 0 bridgehead atoms. The molecule has 0 aliphatic carbocycles. The maximum Gasteiger partial charge on any atom is 0.147 e. The minimum Gasteiger partial charge on any atom is -0.316 e. The van der Waals surface area contributed by atoms with Crippen molar-refractivity contribution in [2.45, 2.75) is 32.9 Å². The summed E-state index contributed by atoms with van der Waals surface area (Å²) < 4.78 is 2.06. The highest BCUT2D eigenvalue weighted by Gasteiger charge is 2.22. The first-order chi connectivity index (χ1) is 8.31. The van der Waals surface area contributed by atoms with E-state index in [1.54, 1.807) is 0 Å². The van der Waals surface area contributed by atoms with Crippen LogP contribution in [0.5, 0.6) is 0 Å². The summed E-state index contributed by atoms with van der Waals surface area (Å²) >= 11 is 0. The van der Waals surface area contributed by atoms with Crippen molar-refractivity contribution in [3.8, 4) is 0 Å². The number of fused-ring (bicyclic) bond motifs is 1. The smallest absolute Gasteiger partial charge is 0.147 e. The third kappa shape index (κ3) is 3.02. The van der Waals surface area contributed by atoms with Gasteiger partial charge in [0.15, 0.2) is 0 Å². The quantitative estimate of drug-likeness (QED) is 0.865. The molecule has 1 fully saturated rings. The van der Waals surface area contributed by atoms with Crippen LogP contribution in [0.15, 0.2) is 0 Å². The van der Waals surface area contributed by atoms with Gasteiger partial charge in [-0.2, -0.15) is 5.10 Å². The molecule has 1 N–H and O–H groups in total. The van der Waals surface area contributed by atoms with Gasteiger partial charge in [0.05, 0.1) is 13.1 Å². The fourth-order valence-electron chi connectivity index (χ4n) is 2.91. The topological polar surface area (TPSA) is 46.0 Å². The maximum atomic E-state index is 4.49. The standard InChI is InChI=1S/C12H21N5.ClH/c1-10-14-12-9-16(5-6-17(12)15-10)8-11-3-2-4-13-7-11;/h11,13H,2-9H2,1H3;1H. The molecule has 1 atom stereocenters. The van der Waals surface area contributed by atoms with E-state index < -0.39 is 0 Å². The number of aromatic nitrogens is 3. The molecule has 2 aliphatic rings. The van der Waals surface area contributed by atoms with Gasteiger partial charge in [0.2, 0.25) is 0 Å². The first-order valence-corrected chi connectivity index (χ1v) is 6.64. The van der Waals surface area contributed by atoms with Gasteiger partial charge in [0.1, 0.15) is 11.6 Å². The molecule has 0 spiro atoms. The number of rotatable bonds is 2. The summed E-state index contributed by atoms with van der Waals surface area (Å²) in [6, 6.07) is 0. The Morgan fingerprint density at radius 3 is 3.06 bits per heavy atom. The van der Waals surface area contributed by atoms with Crippen molar-refractivity contribution in [1.29, 1.82) is 0 Å². The molecule has 1 aromatic rings. The van der Waals surface area contributed by atoms with E-state index in [2.05, 4.69) is 25.0 Å². The van der Waals surface area contributed by atoms with Crippen LogP contribution in [0.1, 0.15) is 24.5 Å². The highest BCUT2D eigenvalue weighted by Crippen LogP contribution is 2.16. The normalized spacial score (nSPS) is 24.4. The molecule has 3 heterocycles. The lowest BCUT2D eigenvalue weighted by molar-refractivity contribution is 0.165. The molecule has 0 radical (unpaired) electrons. The predicted molar refractivity (Wildman–Crippen MR) is 72.9 cm³/mol. The molecular formula is C12H22ClN5. The Bertz CT molecular complexity index is 386. The zero-order valence-corrected chi connectivity index (χ0v) is 11.7. The van der Waals surface area contributed by atoms with Crippen LogP contribution < -0.4 is 5.32 Å². The van der Waals surface area contributed by atoms with E-state index in [4.69, 9.17) is 0 Å². The molecule has 102 valence electrons. The molecule has 3 rings (SSSR count). The average molecular weight is 272 g/mol. The second kappa shape index (κ2) is 5.99. The summed E-state index contributed by atoms with van der Waals surface area (Å²) in [5.74, 6) is 2.86. The van der Waals surface area contributed by atoms with E-state index in [0.717, 1.165) is 37.2 Å². The first kappa shape index (κ1) is 13.8. The van der Waals surface area contributed by atoms with Gasteiger partial charge < -0.3 is 5.32 Å².